The number of hydrogen-bond donors (Lipinski definition) is 2. The lowest BCUT2D eigenvalue weighted by molar-refractivity contribution is -0.117. The summed E-state index contributed by atoms with van der Waals surface area (Å²) in [6.45, 7) is 4.25. The van der Waals surface area contributed by atoms with Crippen LogP contribution in [0.4, 0.5) is 5.69 Å². The van der Waals surface area contributed by atoms with Crippen LogP contribution in [0.3, 0.4) is 0 Å². The van der Waals surface area contributed by atoms with Crippen molar-refractivity contribution in [3.05, 3.63) is 29.0 Å². The van der Waals surface area contributed by atoms with Gasteiger partial charge in [0.05, 0.1) is 10.7 Å². The zero-order valence-electron chi connectivity index (χ0n) is 15.5. The molecule has 1 aromatic carbocycles. The molecule has 2 fully saturated rings. The average molecular weight is 389 g/mol. The summed E-state index contributed by atoms with van der Waals surface area (Å²) in [7, 11) is 0. The highest BCUT2D eigenvalue weighted by atomic mass is 35.5. The fourth-order valence-electron chi connectivity index (χ4n) is 3.75. The number of anilines is 1. The lowest BCUT2D eigenvalue weighted by atomic mass is 9.85. The van der Waals surface area contributed by atoms with Crippen LogP contribution >= 0.6 is 11.6 Å². The minimum absolute atomic E-state index is 0.0282. The molecule has 8 heteroatoms. The molecule has 1 amide bonds. The van der Waals surface area contributed by atoms with Crippen LogP contribution in [0.5, 0.6) is 0 Å². The first-order chi connectivity index (χ1) is 13.1. The molecule has 1 aliphatic heterocycles. The topological polar surface area (TPSA) is 84.7 Å². The van der Waals surface area contributed by atoms with E-state index in [0.29, 0.717) is 40.6 Å². The van der Waals surface area contributed by atoms with Gasteiger partial charge in [-0.05, 0) is 79.2 Å². The van der Waals surface area contributed by atoms with Crippen molar-refractivity contribution < 1.29 is 4.79 Å². The highest BCUT2D eigenvalue weighted by Gasteiger charge is 2.30. The Labute approximate surface area is 163 Å². The third kappa shape index (κ3) is 4.30. The Balaban J connectivity index is 1.44. The Morgan fingerprint density at radius 3 is 3.00 bits per heavy atom. The maximum atomic E-state index is 12.5. The Hall–Kier alpha value is -1.99. The van der Waals surface area contributed by atoms with Crippen molar-refractivity contribution in [1.29, 1.82) is 0 Å². The summed E-state index contributed by atoms with van der Waals surface area (Å²) in [5, 5.41) is 19.0. The summed E-state index contributed by atoms with van der Waals surface area (Å²) >= 11 is 6.37. The monoisotopic (exact) mass is 388 g/mol. The number of nitrogens with zero attached hydrogens (tertiary/aromatic N) is 4. The molecule has 1 saturated carbocycles. The number of carbonyl (C=O) groups excluding carboxylic acids is 1. The maximum Gasteiger partial charge on any atom is 0.224 e. The van der Waals surface area contributed by atoms with Gasteiger partial charge in [0.2, 0.25) is 5.91 Å². The fraction of sp³-hybridized carbons (Fsp3) is 0.579. The first-order valence-corrected chi connectivity index (χ1v) is 10.1. The minimum atomic E-state index is 0.0282. The zero-order valence-corrected chi connectivity index (χ0v) is 16.2. The molecule has 2 atom stereocenters. The number of benzene rings is 1. The lowest BCUT2D eigenvalue weighted by Crippen LogP contribution is -2.34. The van der Waals surface area contributed by atoms with Crippen molar-refractivity contribution in [2.45, 2.75) is 44.9 Å². The van der Waals surface area contributed by atoms with Crippen LogP contribution in [0.2, 0.25) is 5.02 Å². The number of nitrogens with one attached hydrogen (secondary N) is 2. The fourth-order valence-corrected chi connectivity index (χ4v) is 3.95. The Kier molecular flexibility index (Phi) is 5.41. The second-order valence-electron chi connectivity index (χ2n) is 7.73. The van der Waals surface area contributed by atoms with Crippen molar-refractivity contribution in [1.82, 2.24) is 25.5 Å². The molecule has 2 aromatic rings. The number of halogens is 1. The van der Waals surface area contributed by atoms with E-state index >= 15 is 0 Å². The number of carbonyl (C=O) groups is 1. The third-order valence-electron chi connectivity index (χ3n) is 5.54. The van der Waals surface area contributed by atoms with Gasteiger partial charge in [-0.15, -0.1) is 5.10 Å². The average Bonchev–Trinajstić information content (AvgIpc) is 3.41. The van der Waals surface area contributed by atoms with Gasteiger partial charge in [-0.25, -0.2) is 0 Å². The van der Waals surface area contributed by atoms with Crippen LogP contribution < -0.4 is 10.6 Å². The number of tetrazole rings is 1. The molecule has 0 radical (unpaired) electrons. The molecule has 1 saturated heterocycles. The van der Waals surface area contributed by atoms with Crippen molar-refractivity contribution in [2.75, 3.05) is 18.4 Å². The first kappa shape index (κ1) is 18.4. The van der Waals surface area contributed by atoms with Crippen LogP contribution in [0.25, 0.3) is 5.69 Å². The number of hydrogen-bond acceptors (Lipinski definition) is 5. The van der Waals surface area contributed by atoms with Crippen molar-refractivity contribution >= 4 is 23.2 Å². The number of piperidine rings is 1. The summed E-state index contributed by atoms with van der Waals surface area (Å²) in [5.74, 6) is 2.18. The van der Waals surface area contributed by atoms with E-state index in [1.165, 1.54) is 12.8 Å². The Morgan fingerprint density at radius 2 is 2.26 bits per heavy atom. The minimum Gasteiger partial charge on any atom is -0.326 e. The summed E-state index contributed by atoms with van der Waals surface area (Å²) in [5.41, 5.74) is 1.41. The molecular formula is C19H25ClN6O. The summed E-state index contributed by atoms with van der Waals surface area (Å²) in [4.78, 5) is 12.5. The van der Waals surface area contributed by atoms with Crippen LogP contribution in [0.1, 0.15) is 50.8 Å². The normalized spacial score (nSPS) is 21.0. The van der Waals surface area contributed by atoms with Gasteiger partial charge < -0.3 is 10.6 Å². The predicted molar refractivity (Wildman–Crippen MR) is 104 cm³/mol. The van der Waals surface area contributed by atoms with E-state index in [0.717, 1.165) is 31.8 Å². The molecule has 7 nitrogen and oxygen atoms in total. The molecule has 0 bridgehead atoms. The number of amides is 1. The maximum absolute atomic E-state index is 12.5. The van der Waals surface area contributed by atoms with Gasteiger partial charge in [-0.2, -0.15) is 4.68 Å². The van der Waals surface area contributed by atoms with Gasteiger partial charge >= 0.3 is 0 Å². The van der Waals surface area contributed by atoms with Crippen LogP contribution in [0, 0.1) is 11.8 Å². The van der Waals surface area contributed by atoms with E-state index in [4.69, 9.17) is 11.6 Å². The Morgan fingerprint density at radius 1 is 1.41 bits per heavy atom. The van der Waals surface area contributed by atoms with E-state index in [-0.39, 0.29) is 5.91 Å². The summed E-state index contributed by atoms with van der Waals surface area (Å²) in [6.07, 6.45) is 5.09. The predicted octanol–water partition coefficient (Wildman–Crippen LogP) is 3.16. The highest BCUT2D eigenvalue weighted by molar-refractivity contribution is 6.32. The summed E-state index contributed by atoms with van der Waals surface area (Å²) in [6, 6.07) is 5.44. The standard InChI is InChI=1S/C19H25ClN6O/c1-12(14-3-2-8-21-11-14)9-18(27)22-15-6-7-16(20)17(10-15)26-19(13-4-5-13)23-24-25-26/h6-7,10,12-14,21H,2-5,8-9,11H2,1H3,(H,22,27). The molecule has 2 heterocycles. The molecule has 2 N–H and O–H groups in total. The highest BCUT2D eigenvalue weighted by Crippen LogP contribution is 2.40. The molecule has 4 rings (SSSR count). The van der Waals surface area contributed by atoms with Gasteiger partial charge in [-0.3, -0.25) is 4.79 Å². The smallest absolute Gasteiger partial charge is 0.224 e. The molecule has 27 heavy (non-hydrogen) atoms. The van der Waals surface area contributed by atoms with Crippen molar-refractivity contribution in [3.63, 3.8) is 0 Å². The zero-order chi connectivity index (χ0) is 18.8. The lowest BCUT2D eigenvalue weighted by Gasteiger charge is -2.28. The molecule has 144 valence electrons. The molecule has 0 spiro atoms. The van der Waals surface area contributed by atoms with E-state index in [1.807, 2.05) is 12.1 Å². The van der Waals surface area contributed by atoms with Crippen molar-refractivity contribution in [3.8, 4) is 5.69 Å². The molecule has 2 aliphatic rings. The molecule has 1 aliphatic carbocycles. The molecule has 1 aromatic heterocycles. The van der Waals surface area contributed by atoms with Gasteiger partial charge in [0.25, 0.3) is 0 Å². The third-order valence-corrected chi connectivity index (χ3v) is 5.86. The number of aromatic nitrogens is 4. The van der Waals surface area contributed by atoms with Gasteiger partial charge in [0.15, 0.2) is 5.82 Å². The van der Waals surface area contributed by atoms with Crippen LogP contribution in [-0.4, -0.2) is 39.2 Å². The molecular weight excluding hydrogens is 364 g/mol. The van der Waals surface area contributed by atoms with Crippen LogP contribution in [0.15, 0.2) is 18.2 Å². The SMILES string of the molecule is CC(CC(=O)Nc1ccc(Cl)c(-n2nnnc2C2CC2)c1)C1CCCNC1. The first-order valence-electron chi connectivity index (χ1n) is 9.70. The summed E-state index contributed by atoms with van der Waals surface area (Å²) < 4.78 is 1.69. The van der Waals surface area contributed by atoms with E-state index in [1.54, 1.807) is 10.7 Å². The van der Waals surface area contributed by atoms with Gasteiger partial charge in [0.1, 0.15) is 0 Å². The largest absolute Gasteiger partial charge is 0.326 e. The van der Waals surface area contributed by atoms with Crippen molar-refractivity contribution in [2.24, 2.45) is 11.8 Å². The Bertz CT molecular complexity index is 812. The van der Waals surface area contributed by atoms with Gasteiger partial charge in [0, 0.05) is 18.0 Å². The van der Waals surface area contributed by atoms with E-state index < -0.39 is 0 Å². The number of rotatable bonds is 6. The van der Waals surface area contributed by atoms with Gasteiger partial charge in [-0.1, -0.05) is 18.5 Å². The quantitative estimate of drug-likeness (QED) is 0.794. The second-order valence-corrected chi connectivity index (χ2v) is 8.13. The van der Waals surface area contributed by atoms with E-state index in [9.17, 15) is 4.79 Å². The van der Waals surface area contributed by atoms with E-state index in [2.05, 4.69) is 33.1 Å². The second kappa shape index (κ2) is 7.94. The molecule has 2 unspecified atom stereocenters. The van der Waals surface area contributed by atoms with Crippen LogP contribution in [-0.2, 0) is 4.79 Å².